The fraction of sp³-hybridized carbons (Fsp3) is 0.296. The van der Waals surface area contributed by atoms with Gasteiger partial charge in [-0.2, -0.15) is 0 Å². The molecule has 0 atom stereocenters. The molecule has 180 valence electrons. The molecule has 2 aromatic heterocycles. The number of rotatable bonds is 8. The highest BCUT2D eigenvalue weighted by atomic mass is 32.2. The number of benzene rings is 2. The van der Waals surface area contributed by atoms with E-state index in [4.69, 9.17) is 4.42 Å². The summed E-state index contributed by atoms with van der Waals surface area (Å²) >= 11 is 1.49. The molecule has 7 nitrogen and oxygen atoms in total. The Morgan fingerprint density at radius 3 is 2.60 bits per heavy atom. The molecule has 1 aliphatic heterocycles. The second kappa shape index (κ2) is 11.0. The number of aromatic nitrogens is 2. The lowest BCUT2D eigenvalue weighted by molar-refractivity contribution is 0.0924. The molecule has 0 aliphatic carbocycles. The highest BCUT2D eigenvalue weighted by Crippen LogP contribution is 2.31. The highest BCUT2D eigenvalue weighted by Gasteiger charge is 2.21. The van der Waals surface area contributed by atoms with Crippen molar-refractivity contribution in [1.82, 2.24) is 25.1 Å². The number of likely N-dealkylation sites (N-methyl/N-ethyl adjacent to an activating group) is 1. The van der Waals surface area contributed by atoms with Crippen LogP contribution in [0.1, 0.15) is 27.2 Å². The second-order valence-corrected chi connectivity index (χ2v) is 9.75. The number of amides is 1. The van der Waals surface area contributed by atoms with Gasteiger partial charge in [0.15, 0.2) is 10.9 Å². The molecule has 0 bridgehead atoms. The van der Waals surface area contributed by atoms with Gasteiger partial charge in [0.2, 0.25) is 0 Å². The SMILES string of the molecule is CN1CCN(Cc2cccc(CNC(=O)c3oc4ccccc4c3CSc3ncccn3)c2)CC1. The third kappa shape index (κ3) is 5.90. The Kier molecular flexibility index (Phi) is 7.42. The van der Waals surface area contributed by atoms with E-state index >= 15 is 0 Å². The van der Waals surface area contributed by atoms with Crippen molar-refractivity contribution in [3.05, 3.63) is 89.4 Å². The molecule has 3 heterocycles. The molecule has 1 aliphatic rings. The van der Waals surface area contributed by atoms with E-state index in [1.54, 1.807) is 18.5 Å². The molecular weight excluding hydrogens is 458 g/mol. The monoisotopic (exact) mass is 487 g/mol. The van der Waals surface area contributed by atoms with Crippen LogP contribution >= 0.6 is 11.8 Å². The number of fused-ring (bicyclic) bond motifs is 1. The summed E-state index contributed by atoms with van der Waals surface area (Å²) in [5.41, 5.74) is 3.91. The number of carbonyl (C=O) groups excluding carboxylic acids is 1. The van der Waals surface area contributed by atoms with Crippen LogP contribution in [0.5, 0.6) is 0 Å². The predicted molar refractivity (Wildman–Crippen MR) is 138 cm³/mol. The average Bonchev–Trinajstić information content (AvgIpc) is 3.27. The Labute approximate surface area is 209 Å². The molecule has 35 heavy (non-hydrogen) atoms. The first-order valence-electron chi connectivity index (χ1n) is 11.8. The van der Waals surface area contributed by atoms with Crippen LogP contribution in [0.15, 0.2) is 76.6 Å². The lowest BCUT2D eigenvalue weighted by Gasteiger charge is -2.32. The van der Waals surface area contributed by atoms with Crippen molar-refractivity contribution in [2.45, 2.75) is 24.0 Å². The molecule has 2 aromatic carbocycles. The van der Waals surface area contributed by atoms with Gasteiger partial charge in [-0.25, -0.2) is 9.97 Å². The Morgan fingerprint density at radius 2 is 1.77 bits per heavy atom. The first kappa shape index (κ1) is 23.5. The number of nitrogens with one attached hydrogen (secondary N) is 1. The maximum absolute atomic E-state index is 13.2. The summed E-state index contributed by atoms with van der Waals surface area (Å²) in [7, 11) is 2.17. The van der Waals surface area contributed by atoms with Gasteiger partial charge in [-0.1, -0.05) is 54.2 Å². The van der Waals surface area contributed by atoms with Gasteiger partial charge < -0.3 is 14.6 Å². The van der Waals surface area contributed by atoms with Crippen LogP contribution in [0.4, 0.5) is 0 Å². The Bertz CT molecular complexity index is 1290. The van der Waals surface area contributed by atoms with Crippen LogP contribution in [0, 0.1) is 0 Å². The minimum absolute atomic E-state index is 0.213. The van der Waals surface area contributed by atoms with E-state index < -0.39 is 0 Å². The maximum Gasteiger partial charge on any atom is 0.287 e. The van der Waals surface area contributed by atoms with Gasteiger partial charge in [-0.3, -0.25) is 9.69 Å². The third-order valence-corrected chi connectivity index (χ3v) is 7.14. The van der Waals surface area contributed by atoms with Gasteiger partial charge in [0.1, 0.15) is 5.58 Å². The Balaban J connectivity index is 1.27. The number of carbonyl (C=O) groups is 1. The van der Waals surface area contributed by atoms with Crippen molar-refractivity contribution in [2.75, 3.05) is 33.2 Å². The lowest BCUT2D eigenvalue weighted by atomic mass is 10.1. The van der Waals surface area contributed by atoms with E-state index in [1.165, 1.54) is 17.3 Å². The van der Waals surface area contributed by atoms with Gasteiger partial charge in [-0.05, 0) is 30.3 Å². The summed E-state index contributed by atoms with van der Waals surface area (Å²) in [5, 5.41) is 4.67. The standard InChI is InChI=1S/C27H29N5O2S/c1-31-12-14-32(15-13-31)18-21-7-4-6-20(16-21)17-30-26(33)25-23(19-35-27-28-10-5-11-29-27)22-8-2-3-9-24(22)34-25/h2-11,16H,12-15,17-19H2,1H3,(H,30,33). The van der Waals surface area contributed by atoms with Crippen molar-refractivity contribution in [1.29, 1.82) is 0 Å². The molecule has 8 heteroatoms. The average molecular weight is 488 g/mol. The van der Waals surface area contributed by atoms with E-state index in [0.717, 1.165) is 49.2 Å². The fourth-order valence-corrected chi connectivity index (χ4v) is 5.12. The molecule has 4 aromatic rings. The third-order valence-electron chi connectivity index (χ3n) is 6.24. The van der Waals surface area contributed by atoms with Crippen molar-refractivity contribution < 1.29 is 9.21 Å². The minimum Gasteiger partial charge on any atom is -0.451 e. The molecule has 0 unspecified atom stereocenters. The van der Waals surface area contributed by atoms with Crippen molar-refractivity contribution >= 4 is 28.6 Å². The summed E-state index contributed by atoms with van der Waals surface area (Å²) in [5.74, 6) is 0.683. The van der Waals surface area contributed by atoms with Crippen LogP contribution in [0.3, 0.4) is 0 Å². The summed E-state index contributed by atoms with van der Waals surface area (Å²) in [4.78, 5) is 26.6. The van der Waals surface area contributed by atoms with Gasteiger partial charge >= 0.3 is 0 Å². The van der Waals surface area contributed by atoms with Gasteiger partial charge in [0.25, 0.3) is 5.91 Å². The van der Waals surface area contributed by atoms with Crippen molar-refractivity contribution in [3.63, 3.8) is 0 Å². The molecule has 0 spiro atoms. The largest absolute Gasteiger partial charge is 0.451 e. The summed E-state index contributed by atoms with van der Waals surface area (Å²) in [6.07, 6.45) is 3.43. The second-order valence-electron chi connectivity index (χ2n) is 8.81. The van der Waals surface area contributed by atoms with Crippen molar-refractivity contribution in [2.24, 2.45) is 0 Å². The topological polar surface area (TPSA) is 74.5 Å². The molecular formula is C27H29N5O2S. The molecule has 1 amide bonds. The summed E-state index contributed by atoms with van der Waals surface area (Å²) < 4.78 is 5.99. The zero-order valence-electron chi connectivity index (χ0n) is 19.8. The van der Waals surface area contributed by atoms with Crippen LogP contribution in [0.25, 0.3) is 11.0 Å². The van der Waals surface area contributed by atoms with Gasteiger partial charge in [0.05, 0.1) is 0 Å². The Hall–Kier alpha value is -3.20. The number of para-hydroxylation sites is 1. The van der Waals surface area contributed by atoms with Crippen molar-refractivity contribution in [3.8, 4) is 0 Å². The number of furan rings is 1. The molecule has 5 rings (SSSR count). The summed E-state index contributed by atoms with van der Waals surface area (Å²) in [6, 6.07) is 18.0. The first-order valence-corrected chi connectivity index (χ1v) is 12.8. The molecule has 0 radical (unpaired) electrons. The van der Waals surface area contributed by atoms with E-state index in [2.05, 4.69) is 56.4 Å². The van der Waals surface area contributed by atoms with E-state index in [-0.39, 0.29) is 5.91 Å². The number of thioether (sulfide) groups is 1. The maximum atomic E-state index is 13.2. The van der Waals surface area contributed by atoms with Crippen LogP contribution in [0.2, 0.25) is 0 Å². The highest BCUT2D eigenvalue weighted by molar-refractivity contribution is 7.98. The Morgan fingerprint density at radius 1 is 1.00 bits per heavy atom. The van der Waals surface area contributed by atoms with E-state index in [1.807, 2.05) is 24.3 Å². The van der Waals surface area contributed by atoms with Crippen LogP contribution in [-0.4, -0.2) is 58.9 Å². The predicted octanol–water partition coefficient (Wildman–Crippen LogP) is 4.19. The van der Waals surface area contributed by atoms with Crippen LogP contribution < -0.4 is 5.32 Å². The smallest absolute Gasteiger partial charge is 0.287 e. The molecule has 1 N–H and O–H groups in total. The number of nitrogens with zero attached hydrogens (tertiary/aromatic N) is 4. The first-order chi connectivity index (χ1) is 17.2. The molecule has 1 saturated heterocycles. The quantitative estimate of drug-likeness (QED) is 0.295. The number of piperazine rings is 1. The zero-order chi connectivity index (χ0) is 24.0. The minimum atomic E-state index is -0.213. The van der Waals surface area contributed by atoms with Crippen LogP contribution in [-0.2, 0) is 18.8 Å². The van der Waals surface area contributed by atoms with E-state index in [0.29, 0.717) is 28.8 Å². The number of hydrogen-bond donors (Lipinski definition) is 1. The van der Waals surface area contributed by atoms with Gasteiger partial charge in [-0.15, -0.1) is 0 Å². The van der Waals surface area contributed by atoms with E-state index in [9.17, 15) is 4.79 Å². The molecule has 0 saturated carbocycles. The fourth-order valence-electron chi connectivity index (χ4n) is 4.29. The zero-order valence-corrected chi connectivity index (χ0v) is 20.6. The number of hydrogen-bond acceptors (Lipinski definition) is 7. The molecule has 1 fully saturated rings. The van der Waals surface area contributed by atoms with Gasteiger partial charge in [0, 0.05) is 68.4 Å². The lowest BCUT2D eigenvalue weighted by Crippen LogP contribution is -2.43. The summed E-state index contributed by atoms with van der Waals surface area (Å²) in [6.45, 7) is 5.74. The normalized spacial score (nSPS) is 14.9.